The summed E-state index contributed by atoms with van der Waals surface area (Å²) in [6.45, 7) is 2.18. The van der Waals surface area contributed by atoms with Crippen molar-refractivity contribution < 1.29 is 13.2 Å². The summed E-state index contributed by atoms with van der Waals surface area (Å²) in [6.07, 6.45) is 3.79. The van der Waals surface area contributed by atoms with E-state index >= 15 is 0 Å². The highest BCUT2D eigenvalue weighted by Crippen LogP contribution is 2.25. The molecule has 1 aromatic rings. The summed E-state index contributed by atoms with van der Waals surface area (Å²) in [5.41, 5.74) is 11.9. The molecule has 5 N–H and O–H groups in total. The molecular formula is C15H24ClN3O3S. The van der Waals surface area contributed by atoms with Gasteiger partial charge in [0.2, 0.25) is 15.9 Å². The number of primary amides is 1. The lowest BCUT2D eigenvalue weighted by molar-refractivity contribution is 0.0999. The smallest absolute Gasteiger partial charge is 0.249 e. The maximum absolute atomic E-state index is 12.5. The molecule has 0 saturated heterocycles. The number of amides is 1. The molecule has 0 aliphatic heterocycles. The van der Waals surface area contributed by atoms with E-state index in [1.54, 1.807) is 13.0 Å². The number of nitrogens with two attached hydrogens (primary N) is 2. The monoisotopic (exact) mass is 361 g/mol. The van der Waals surface area contributed by atoms with E-state index in [0.29, 0.717) is 12.1 Å². The van der Waals surface area contributed by atoms with Crippen LogP contribution in [0.3, 0.4) is 0 Å². The number of carbonyl (C=O) groups is 1. The van der Waals surface area contributed by atoms with E-state index in [2.05, 4.69) is 4.72 Å². The Bertz CT molecular complexity index is 664. The van der Waals surface area contributed by atoms with Crippen molar-refractivity contribution in [3.05, 3.63) is 29.3 Å². The van der Waals surface area contributed by atoms with Crippen LogP contribution in [0.5, 0.6) is 0 Å². The van der Waals surface area contributed by atoms with Gasteiger partial charge in [-0.1, -0.05) is 18.9 Å². The van der Waals surface area contributed by atoms with E-state index in [0.717, 1.165) is 25.7 Å². The van der Waals surface area contributed by atoms with Gasteiger partial charge in [-0.2, -0.15) is 0 Å². The first kappa shape index (κ1) is 19.9. The second-order valence-electron chi connectivity index (χ2n) is 5.85. The second-order valence-corrected chi connectivity index (χ2v) is 7.56. The minimum atomic E-state index is -3.69. The number of sulfonamides is 1. The molecule has 6 nitrogen and oxygen atoms in total. The molecule has 0 bridgehead atoms. The fourth-order valence-corrected chi connectivity index (χ4v) is 4.31. The molecule has 23 heavy (non-hydrogen) atoms. The van der Waals surface area contributed by atoms with Gasteiger partial charge in [-0.05, 0) is 49.9 Å². The van der Waals surface area contributed by atoms with Crippen molar-refractivity contribution in [2.24, 2.45) is 17.4 Å². The van der Waals surface area contributed by atoms with Crippen molar-refractivity contribution in [3.8, 4) is 0 Å². The van der Waals surface area contributed by atoms with Crippen LogP contribution in [0.2, 0.25) is 0 Å². The van der Waals surface area contributed by atoms with E-state index in [9.17, 15) is 13.2 Å². The Balaban J connectivity index is 0.00000264. The highest BCUT2D eigenvalue weighted by Gasteiger charge is 2.29. The Morgan fingerprint density at radius 2 is 1.96 bits per heavy atom. The number of rotatable bonds is 5. The van der Waals surface area contributed by atoms with Gasteiger partial charge in [0.15, 0.2) is 0 Å². The topological polar surface area (TPSA) is 115 Å². The summed E-state index contributed by atoms with van der Waals surface area (Å²) in [7, 11) is -3.69. The van der Waals surface area contributed by atoms with Crippen molar-refractivity contribution in [2.45, 2.75) is 43.5 Å². The van der Waals surface area contributed by atoms with Gasteiger partial charge in [0.05, 0.1) is 4.90 Å². The summed E-state index contributed by atoms with van der Waals surface area (Å²) in [5.74, 6) is -0.475. The number of hydrogen-bond acceptors (Lipinski definition) is 4. The third kappa shape index (κ3) is 4.67. The average Bonchev–Trinajstić information content (AvgIpc) is 2.47. The lowest BCUT2D eigenvalue weighted by Gasteiger charge is -2.31. The van der Waals surface area contributed by atoms with Gasteiger partial charge in [-0.15, -0.1) is 12.4 Å². The molecular weight excluding hydrogens is 338 g/mol. The van der Waals surface area contributed by atoms with E-state index in [4.69, 9.17) is 11.5 Å². The predicted molar refractivity (Wildman–Crippen MR) is 92.1 cm³/mol. The van der Waals surface area contributed by atoms with Crippen molar-refractivity contribution in [2.75, 3.05) is 6.54 Å². The SMILES string of the molecule is Cc1ccc(S(=O)(=O)NC2CCCCC2CN)cc1C(N)=O.Cl. The lowest BCUT2D eigenvalue weighted by Crippen LogP contribution is -2.44. The standard InChI is InChI=1S/C15H23N3O3S.ClH/c1-10-6-7-12(8-13(10)15(17)19)22(20,21)18-14-5-3-2-4-11(14)9-16;/h6-8,11,14,18H,2-5,9,16H2,1H3,(H2,17,19);1H. The highest BCUT2D eigenvalue weighted by atomic mass is 35.5. The maximum atomic E-state index is 12.5. The Labute approximate surface area is 143 Å². The predicted octanol–water partition coefficient (Wildman–Crippen LogP) is 1.31. The zero-order chi connectivity index (χ0) is 16.3. The summed E-state index contributed by atoms with van der Waals surface area (Å²) in [5, 5.41) is 0. The molecule has 2 atom stereocenters. The molecule has 0 heterocycles. The second kappa shape index (κ2) is 8.10. The van der Waals surface area contributed by atoms with Gasteiger partial charge in [-0.25, -0.2) is 13.1 Å². The molecule has 0 radical (unpaired) electrons. The first-order valence-corrected chi connectivity index (χ1v) is 8.96. The molecule has 2 unspecified atom stereocenters. The molecule has 8 heteroatoms. The number of halogens is 1. The lowest BCUT2D eigenvalue weighted by atomic mass is 9.85. The summed E-state index contributed by atoms with van der Waals surface area (Å²) < 4.78 is 27.8. The van der Waals surface area contributed by atoms with Crippen LogP contribution in [0.15, 0.2) is 23.1 Å². The summed E-state index contributed by atoms with van der Waals surface area (Å²) >= 11 is 0. The molecule has 1 fully saturated rings. The third-order valence-electron chi connectivity index (χ3n) is 4.30. The Morgan fingerprint density at radius 1 is 1.30 bits per heavy atom. The largest absolute Gasteiger partial charge is 0.366 e. The Kier molecular flexibility index (Phi) is 7.01. The fourth-order valence-electron chi connectivity index (χ4n) is 2.95. The average molecular weight is 362 g/mol. The first-order valence-electron chi connectivity index (χ1n) is 7.48. The molecule has 1 amide bonds. The molecule has 0 aromatic heterocycles. The van der Waals surface area contributed by atoms with Crippen molar-refractivity contribution in [1.82, 2.24) is 4.72 Å². The number of carbonyl (C=O) groups excluding carboxylic acids is 1. The number of nitrogens with one attached hydrogen (secondary N) is 1. The Hall–Kier alpha value is -1.15. The minimum absolute atomic E-state index is 0. The molecule has 1 aromatic carbocycles. The summed E-state index contributed by atoms with van der Waals surface area (Å²) in [4.78, 5) is 11.4. The Morgan fingerprint density at radius 3 is 2.57 bits per heavy atom. The molecule has 1 aliphatic rings. The zero-order valence-corrected chi connectivity index (χ0v) is 14.8. The molecule has 130 valence electrons. The first-order chi connectivity index (χ1) is 10.3. The normalized spacial score (nSPS) is 21.5. The summed E-state index contributed by atoms with van der Waals surface area (Å²) in [6, 6.07) is 4.27. The van der Waals surface area contributed by atoms with Crippen LogP contribution < -0.4 is 16.2 Å². The van der Waals surface area contributed by atoms with Gasteiger partial charge in [0, 0.05) is 11.6 Å². The minimum Gasteiger partial charge on any atom is -0.366 e. The molecule has 0 spiro atoms. The van der Waals surface area contributed by atoms with E-state index < -0.39 is 15.9 Å². The van der Waals surface area contributed by atoms with Crippen LogP contribution in [0.25, 0.3) is 0 Å². The van der Waals surface area contributed by atoms with Crippen LogP contribution in [0, 0.1) is 12.8 Å². The van der Waals surface area contributed by atoms with Crippen molar-refractivity contribution in [3.63, 3.8) is 0 Å². The number of benzene rings is 1. The molecule has 1 saturated carbocycles. The van der Waals surface area contributed by atoms with E-state index in [1.807, 2.05) is 0 Å². The maximum Gasteiger partial charge on any atom is 0.249 e. The molecule has 1 aliphatic carbocycles. The van der Waals surface area contributed by atoms with Crippen LogP contribution in [-0.2, 0) is 10.0 Å². The van der Waals surface area contributed by atoms with Crippen molar-refractivity contribution >= 4 is 28.3 Å². The zero-order valence-electron chi connectivity index (χ0n) is 13.1. The van der Waals surface area contributed by atoms with Crippen LogP contribution in [-0.4, -0.2) is 26.9 Å². The van der Waals surface area contributed by atoms with Gasteiger partial charge in [0.1, 0.15) is 0 Å². The number of hydrogen-bond donors (Lipinski definition) is 3. The van der Waals surface area contributed by atoms with Gasteiger partial charge in [0.25, 0.3) is 0 Å². The van der Waals surface area contributed by atoms with Crippen LogP contribution in [0.4, 0.5) is 0 Å². The third-order valence-corrected chi connectivity index (χ3v) is 5.79. The van der Waals surface area contributed by atoms with E-state index in [1.165, 1.54) is 12.1 Å². The quantitative estimate of drug-likeness (QED) is 0.733. The van der Waals surface area contributed by atoms with Crippen LogP contribution >= 0.6 is 12.4 Å². The molecule has 2 rings (SSSR count). The van der Waals surface area contributed by atoms with E-state index in [-0.39, 0.29) is 34.8 Å². The van der Waals surface area contributed by atoms with Crippen LogP contribution in [0.1, 0.15) is 41.6 Å². The van der Waals surface area contributed by atoms with Gasteiger partial charge >= 0.3 is 0 Å². The highest BCUT2D eigenvalue weighted by molar-refractivity contribution is 7.89. The van der Waals surface area contributed by atoms with Gasteiger partial charge in [-0.3, -0.25) is 4.79 Å². The number of aryl methyl sites for hydroxylation is 1. The van der Waals surface area contributed by atoms with Crippen molar-refractivity contribution in [1.29, 1.82) is 0 Å². The van der Waals surface area contributed by atoms with Gasteiger partial charge < -0.3 is 11.5 Å². The fraction of sp³-hybridized carbons (Fsp3) is 0.533.